The molecule has 0 aromatic carbocycles. The molecule has 0 aromatic rings. The van der Waals surface area contributed by atoms with E-state index in [2.05, 4.69) is 55.4 Å². The van der Waals surface area contributed by atoms with Gasteiger partial charge in [-0.1, -0.05) is 331 Å². The maximum Gasteiger partial charge on any atom is 0.472 e. The number of aliphatic hydroxyl groups is 1. The van der Waals surface area contributed by atoms with Crippen LogP contribution >= 0.6 is 15.6 Å². The van der Waals surface area contributed by atoms with Crippen LogP contribution in [0, 0.1) is 23.7 Å². The molecule has 0 aliphatic heterocycles. The summed E-state index contributed by atoms with van der Waals surface area (Å²) >= 11 is 0. The third-order valence-electron chi connectivity index (χ3n) is 17.6. The molecule has 0 saturated carbocycles. The molecular weight excluding hydrogens is 1250 g/mol. The minimum atomic E-state index is -4.96. The van der Waals surface area contributed by atoms with Crippen LogP contribution in [0.4, 0.5) is 0 Å². The lowest BCUT2D eigenvalue weighted by Gasteiger charge is -2.21. The second kappa shape index (κ2) is 65.4. The van der Waals surface area contributed by atoms with Crippen molar-refractivity contribution in [2.45, 2.75) is 401 Å². The van der Waals surface area contributed by atoms with Crippen molar-refractivity contribution in [3.8, 4) is 0 Å². The molecule has 0 saturated heterocycles. The van der Waals surface area contributed by atoms with E-state index in [1.54, 1.807) is 0 Å². The molecule has 0 rings (SSSR count). The number of hydrogen-bond donors (Lipinski definition) is 3. The maximum atomic E-state index is 13.1. The predicted molar refractivity (Wildman–Crippen MR) is 386 cm³/mol. The Morgan fingerprint density at radius 1 is 0.263 bits per heavy atom. The fourth-order valence-electron chi connectivity index (χ4n) is 11.6. The van der Waals surface area contributed by atoms with Gasteiger partial charge in [0, 0.05) is 25.7 Å². The van der Waals surface area contributed by atoms with Crippen LogP contribution in [0.25, 0.3) is 0 Å². The molecule has 19 heteroatoms. The second-order valence-corrected chi connectivity index (χ2v) is 32.2. The Balaban J connectivity index is 5.16. The fraction of sp³-hybridized carbons (Fsp3) is 0.947. The Morgan fingerprint density at radius 2 is 0.442 bits per heavy atom. The van der Waals surface area contributed by atoms with Gasteiger partial charge in [0.15, 0.2) is 12.2 Å². The average molecular weight is 1400 g/mol. The molecule has 564 valence electrons. The van der Waals surface area contributed by atoms with Gasteiger partial charge in [-0.25, -0.2) is 9.13 Å². The fourth-order valence-corrected chi connectivity index (χ4v) is 13.1. The normalized spacial score (nSPS) is 14.1. The van der Waals surface area contributed by atoms with E-state index in [-0.39, 0.29) is 25.7 Å². The smallest absolute Gasteiger partial charge is 0.462 e. The van der Waals surface area contributed by atoms with Crippen molar-refractivity contribution in [3.63, 3.8) is 0 Å². The van der Waals surface area contributed by atoms with Crippen molar-refractivity contribution in [1.82, 2.24) is 0 Å². The third-order valence-corrected chi connectivity index (χ3v) is 19.5. The highest BCUT2D eigenvalue weighted by Gasteiger charge is 2.30. The highest BCUT2D eigenvalue weighted by atomic mass is 31.2. The van der Waals surface area contributed by atoms with Gasteiger partial charge in [0.25, 0.3) is 0 Å². The summed E-state index contributed by atoms with van der Waals surface area (Å²) in [6, 6.07) is 0. The first kappa shape index (κ1) is 93.1. The first-order chi connectivity index (χ1) is 45.6. The number of unbranched alkanes of at least 4 members (excludes halogenated alkanes) is 39. The van der Waals surface area contributed by atoms with Crippen LogP contribution in [0.3, 0.4) is 0 Å². The summed E-state index contributed by atoms with van der Waals surface area (Å²) in [5.41, 5.74) is 0. The SMILES string of the molecule is CC(C)CCCCCCCCCCCCCCCCCCCCC(=O)OC[C@H](COP(=O)(O)OCC(O)COP(=O)(O)OC[C@@H](COC(=O)CCCCCCCCCCC(C)C)OC(=O)CCCCCCCCCCCC(C)C)OC(=O)CCCCCCCCCCC(C)C. The summed E-state index contributed by atoms with van der Waals surface area (Å²) in [7, 11) is -9.91. The number of rotatable bonds is 73. The average Bonchev–Trinajstić information content (AvgIpc) is 2.15. The Morgan fingerprint density at radius 3 is 0.653 bits per heavy atom. The zero-order valence-electron chi connectivity index (χ0n) is 62.3. The first-order valence-corrected chi connectivity index (χ1v) is 42.2. The van der Waals surface area contributed by atoms with Gasteiger partial charge in [-0.05, 0) is 49.4 Å². The van der Waals surface area contributed by atoms with Crippen molar-refractivity contribution in [1.29, 1.82) is 0 Å². The van der Waals surface area contributed by atoms with Gasteiger partial charge < -0.3 is 33.8 Å². The third kappa shape index (κ3) is 70.3. The van der Waals surface area contributed by atoms with Gasteiger partial charge in [0.1, 0.15) is 19.3 Å². The summed E-state index contributed by atoms with van der Waals surface area (Å²) in [6.45, 7) is 14.1. The molecule has 0 spiro atoms. The van der Waals surface area contributed by atoms with Gasteiger partial charge >= 0.3 is 39.5 Å². The van der Waals surface area contributed by atoms with Crippen LogP contribution in [0.2, 0.25) is 0 Å². The van der Waals surface area contributed by atoms with Crippen molar-refractivity contribution in [2.75, 3.05) is 39.6 Å². The number of ether oxygens (including phenoxy) is 4. The molecule has 17 nitrogen and oxygen atoms in total. The summed E-state index contributed by atoms with van der Waals surface area (Å²) in [5, 5.41) is 10.6. The van der Waals surface area contributed by atoms with Crippen LogP contribution < -0.4 is 0 Å². The molecule has 0 aromatic heterocycles. The summed E-state index contributed by atoms with van der Waals surface area (Å²) in [4.78, 5) is 72.7. The molecule has 0 bridgehead atoms. The minimum Gasteiger partial charge on any atom is -0.462 e. The summed E-state index contributed by atoms with van der Waals surface area (Å²) in [6.07, 6.45) is 50.2. The van der Waals surface area contributed by atoms with Crippen LogP contribution in [0.5, 0.6) is 0 Å². The first-order valence-electron chi connectivity index (χ1n) is 39.2. The molecule has 5 atom stereocenters. The van der Waals surface area contributed by atoms with Crippen LogP contribution in [-0.2, 0) is 65.4 Å². The predicted octanol–water partition coefficient (Wildman–Crippen LogP) is 22.0. The minimum absolute atomic E-state index is 0.104. The lowest BCUT2D eigenvalue weighted by Crippen LogP contribution is -2.30. The Kier molecular flexibility index (Phi) is 64.0. The van der Waals surface area contributed by atoms with Crippen LogP contribution in [-0.4, -0.2) is 96.7 Å². The largest absolute Gasteiger partial charge is 0.472 e. The highest BCUT2D eigenvalue weighted by molar-refractivity contribution is 7.47. The molecule has 0 aliphatic carbocycles. The molecule has 95 heavy (non-hydrogen) atoms. The summed E-state index contributed by atoms with van der Waals surface area (Å²) in [5.74, 6) is 0.879. The Bertz CT molecular complexity index is 1870. The second-order valence-electron chi connectivity index (χ2n) is 29.3. The molecule has 3 unspecified atom stereocenters. The van der Waals surface area contributed by atoms with Crippen LogP contribution in [0.1, 0.15) is 383 Å². The molecule has 3 N–H and O–H groups in total. The Labute approximate surface area is 581 Å². The molecule has 0 fully saturated rings. The van der Waals surface area contributed by atoms with Crippen molar-refractivity contribution in [2.24, 2.45) is 23.7 Å². The topological polar surface area (TPSA) is 237 Å². The number of phosphoric acid groups is 2. The molecule has 0 radical (unpaired) electrons. The van der Waals surface area contributed by atoms with E-state index in [1.807, 2.05) is 0 Å². The lowest BCUT2D eigenvalue weighted by molar-refractivity contribution is -0.161. The van der Waals surface area contributed by atoms with E-state index in [9.17, 15) is 43.2 Å². The van der Waals surface area contributed by atoms with Gasteiger partial charge in [0.2, 0.25) is 0 Å². The van der Waals surface area contributed by atoms with Gasteiger partial charge in [-0.2, -0.15) is 0 Å². The number of esters is 4. The number of carbonyl (C=O) groups is 4. The highest BCUT2D eigenvalue weighted by Crippen LogP contribution is 2.45. The zero-order valence-corrected chi connectivity index (χ0v) is 64.1. The zero-order chi connectivity index (χ0) is 70.3. The molecule has 0 amide bonds. The number of hydrogen-bond acceptors (Lipinski definition) is 15. The summed E-state index contributed by atoms with van der Waals surface area (Å²) < 4.78 is 68.5. The molecule has 0 heterocycles. The molecule has 0 aliphatic rings. The van der Waals surface area contributed by atoms with Crippen LogP contribution in [0.15, 0.2) is 0 Å². The quantitative estimate of drug-likeness (QED) is 0.0222. The van der Waals surface area contributed by atoms with E-state index in [4.69, 9.17) is 37.0 Å². The van der Waals surface area contributed by atoms with Crippen molar-refractivity contribution in [3.05, 3.63) is 0 Å². The number of aliphatic hydroxyl groups excluding tert-OH is 1. The van der Waals surface area contributed by atoms with Gasteiger partial charge in [-0.15, -0.1) is 0 Å². The monoisotopic (exact) mass is 1400 g/mol. The number of phosphoric ester groups is 2. The van der Waals surface area contributed by atoms with E-state index in [0.717, 1.165) is 114 Å². The van der Waals surface area contributed by atoms with Crippen molar-refractivity contribution >= 4 is 39.5 Å². The van der Waals surface area contributed by atoms with E-state index < -0.39 is 97.5 Å². The van der Waals surface area contributed by atoms with Gasteiger partial charge in [-0.3, -0.25) is 37.3 Å². The molecular formula is C76H148O17P2. The standard InChI is InChI=1S/C76H148O17P2/c1-66(2)52-44-36-28-20-17-15-13-11-9-10-12-14-16-18-22-32-40-48-56-73(78)86-62-72(93-76(81)59-51-43-35-27-25-31-39-47-55-69(7)8)65-91-95(84,85)89-61-70(77)60-88-94(82,83)90-64-71(63-87-74(79)57-49-41-33-26-24-30-38-46-54-68(5)6)92-75(80)58-50-42-34-23-19-21-29-37-45-53-67(3)4/h66-72,77H,9-65H2,1-8H3,(H,82,83)(H,84,85)/t70?,71-,72-/m1/s1. The lowest BCUT2D eigenvalue weighted by atomic mass is 10.0. The van der Waals surface area contributed by atoms with E-state index >= 15 is 0 Å². The Hall–Kier alpha value is -1.94. The van der Waals surface area contributed by atoms with Crippen molar-refractivity contribution < 1.29 is 80.2 Å². The maximum absolute atomic E-state index is 13.1. The number of carbonyl (C=O) groups excluding carboxylic acids is 4. The van der Waals surface area contributed by atoms with E-state index in [1.165, 1.54) is 186 Å². The van der Waals surface area contributed by atoms with E-state index in [0.29, 0.717) is 25.7 Å². The van der Waals surface area contributed by atoms with Gasteiger partial charge in [0.05, 0.1) is 26.4 Å².